The Morgan fingerprint density at radius 1 is 1.00 bits per heavy atom. The highest BCUT2D eigenvalue weighted by atomic mass is 16.6. The lowest BCUT2D eigenvalue weighted by molar-refractivity contribution is -0.155. The van der Waals surface area contributed by atoms with Crippen LogP contribution in [0.1, 0.15) is 18.9 Å². The molecule has 0 unspecified atom stereocenters. The van der Waals surface area contributed by atoms with Crippen LogP contribution < -0.4 is 14.8 Å². The van der Waals surface area contributed by atoms with Crippen molar-refractivity contribution in [3.8, 4) is 11.5 Å². The summed E-state index contributed by atoms with van der Waals surface area (Å²) in [5.41, 5.74) is 0.921. The predicted molar refractivity (Wildman–Crippen MR) is 96.9 cm³/mol. The number of amides is 1. The van der Waals surface area contributed by atoms with Crippen molar-refractivity contribution in [2.75, 3.05) is 13.7 Å². The van der Waals surface area contributed by atoms with E-state index in [9.17, 15) is 9.59 Å². The van der Waals surface area contributed by atoms with Crippen LogP contribution >= 0.6 is 0 Å². The number of methoxy groups -OCH3 is 1. The molecule has 1 amide bonds. The van der Waals surface area contributed by atoms with Crippen molar-refractivity contribution in [2.24, 2.45) is 0 Å². The molecule has 6 heteroatoms. The smallest absolute Gasteiger partial charge is 0.347 e. The minimum atomic E-state index is -0.744. The highest BCUT2D eigenvalue weighted by molar-refractivity contribution is 5.82. The molecule has 0 aliphatic heterocycles. The van der Waals surface area contributed by atoms with Gasteiger partial charge in [-0.05, 0) is 36.2 Å². The number of ether oxygens (including phenoxy) is 3. The molecule has 0 aliphatic rings. The topological polar surface area (TPSA) is 73.9 Å². The predicted octanol–water partition coefficient (Wildman–Crippen LogP) is 2.71. The summed E-state index contributed by atoms with van der Waals surface area (Å²) in [6, 6.07) is 16.4. The standard InChI is InChI=1S/C20H23NO5/c1-3-18(26-17-7-5-4-6-8-17)20(23)25-14-19(22)21-13-15-9-11-16(24-2)12-10-15/h4-12,18H,3,13-14H2,1-2H3,(H,21,22)/t18-/m1/s1. The first-order chi connectivity index (χ1) is 12.6. The maximum atomic E-state index is 12.1. The van der Waals surface area contributed by atoms with Crippen molar-refractivity contribution in [1.29, 1.82) is 0 Å². The van der Waals surface area contributed by atoms with Gasteiger partial charge in [0.25, 0.3) is 5.91 Å². The Morgan fingerprint density at radius 2 is 1.69 bits per heavy atom. The first kappa shape index (κ1) is 19.3. The molecule has 1 atom stereocenters. The molecule has 2 rings (SSSR count). The Balaban J connectivity index is 1.75. The van der Waals surface area contributed by atoms with Gasteiger partial charge >= 0.3 is 5.97 Å². The number of esters is 1. The van der Waals surface area contributed by atoms with E-state index in [1.165, 1.54) is 0 Å². The van der Waals surface area contributed by atoms with Crippen molar-refractivity contribution in [1.82, 2.24) is 5.32 Å². The highest BCUT2D eigenvalue weighted by Crippen LogP contribution is 2.13. The van der Waals surface area contributed by atoms with Crippen molar-refractivity contribution in [3.63, 3.8) is 0 Å². The van der Waals surface area contributed by atoms with Crippen LogP contribution in [-0.4, -0.2) is 31.7 Å². The minimum Gasteiger partial charge on any atom is -0.497 e. The molecule has 0 radical (unpaired) electrons. The van der Waals surface area contributed by atoms with E-state index in [4.69, 9.17) is 14.2 Å². The number of hydrogen-bond donors (Lipinski definition) is 1. The molecule has 26 heavy (non-hydrogen) atoms. The van der Waals surface area contributed by atoms with E-state index in [0.717, 1.165) is 11.3 Å². The number of nitrogens with one attached hydrogen (secondary N) is 1. The monoisotopic (exact) mass is 357 g/mol. The third-order valence-corrected chi connectivity index (χ3v) is 3.65. The van der Waals surface area contributed by atoms with E-state index in [1.54, 1.807) is 19.2 Å². The lowest BCUT2D eigenvalue weighted by Gasteiger charge is -2.16. The van der Waals surface area contributed by atoms with Crippen LogP contribution in [0.2, 0.25) is 0 Å². The third kappa shape index (κ3) is 6.12. The Morgan fingerprint density at radius 3 is 2.31 bits per heavy atom. The van der Waals surface area contributed by atoms with Gasteiger partial charge in [0.15, 0.2) is 12.7 Å². The number of para-hydroxylation sites is 1. The fourth-order valence-electron chi connectivity index (χ4n) is 2.19. The summed E-state index contributed by atoms with van der Waals surface area (Å²) in [7, 11) is 1.59. The molecule has 2 aromatic rings. The summed E-state index contributed by atoms with van der Waals surface area (Å²) in [4.78, 5) is 23.9. The van der Waals surface area contributed by atoms with Crippen molar-refractivity contribution in [3.05, 3.63) is 60.2 Å². The molecule has 1 N–H and O–H groups in total. The molecule has 138 valence electrons. The number of benzene rings is 2. The molecule has 0 saturated heterocycles. The minimum absolute atomic E-state index is 0.344. The molecule has 0 aliphatic carbocycles. The Bertz CT molecular complexity index is 700. The Kier molecular flexibility index (Phi) is 7.49. The van der Waals surface area contributed by atoms with Gasteiger partial charge < -0.3 is 19.5 Å². The van der Waals surface area contributed by atoms with Crippen LogP contribution in [0.3, 0.4) is 0 Å². The number of hydrogen-bond acceptors (Lipinski definition) is 5. The summed E-state index contributed by atoms with van der Waals surface area (Å²) in [5, 5.41) is 2.70. The maximum absolute atomic E-state index is 12.1. The number of rotatable bonds is 9. The second-order valence-corrected chi connectivity index (χ2v) is 5.56. The van der Waals surface area contributed by atoms with Gasteiger partial charge in [-0.1, -0.05) is 37.3 Å². The van der Waals surface area contributed by atoms with Crippen LogP contribution in [0.5, 0.6) is 11.5 Å². The first-order valence-corrected chi connectivity index (χ1v) is 8.40. The van der Waals surface area contributed by atoms with Crippen molar-refractivity contribution in [2.45, 2.75) is 26.0 Å². The zero-order valence-electron chi connectivity index (χ0n) is 14.9. The normalized spacial score (nSPS) is 11.3. The van der Waals surface area contributed by atoms with Gasteiger partial charge in [0.2, 0.25) is 0 Å². The molecular weight excluding hydrogens is 334 g/mol. The van der Waals surface area contributed by atoms with E-state index < -0.39 is 12.1 Å². The van der Waals surface area contributed by atoms with Gasteiger partial charge in [-0.3, -0.25) is 4.79 Å². The molecule has 0 fully saturated rings. The van der Waals surface area contributed by atoms with E-state index in [0.29, 0.717) is 18.7 Å². The number of carbonyl (C=O) groups excluding carboxylic acids is 2. The second-order valence-electron chi connectivity index (χ2n) is 5.56. The van der Waals surface area contributed by atoms with Gasteiger partial charge in [0, 0.05) is 6.54 Å². The summed E-state index contributed by atoms with van der Waals surface area (Å²) >= 11 is 0. The van der Waals surface area contributed by atoms with Crippen LogP contribution in [0.25, 0.3) is 0 Å². The molecule has 0 bridgehead atoms. The lowest BCUT2D eigenvalue weighted by Crippen LogP contribution is -2.33. The summed E-state index contributed by atoms with van der Waals surface area (Å²) in [6.45, 7) is 1.82. The maximum Gasteiger partial charge on any atom is 0.347 e. The van der Waals surface area contributed by atoms with Gasteiger partial charge in [-0.25, -0.2) is 4.79 Å². The molecule has 0 saturated carbocycles. The average molecular weight is 357 g/mol. The molecule has 0 spiro atoms. The van der Waals surface area contributed by atoms with E-state index >= 15 is 0 Å². The largest absolute Gasteiger partial charge is 0.497 e. The molecule has 6 nitrogen and oxygen atoms in total. The van der Waals surface area contributed by atoms with E-state index in [-0.39, 0.29) is 12.5 Å². The zero-order chi connectivity index (χ0) is 18.8. The lowest BCUT2D eigenvalue weighted by atomic mass is 10.2. The van der Waals surface area contributed by atoms with Gasteiger partial charge in [0.05, 0.1) is 7.11 Å². The van der Waals surface area contributed by atoms with Gasteiger partial charge in [-0.2, -0.15) is 0 Å². The summed E-state index contributed by atoms with van der Waals surface area (Å²) in [5.74, 6) is 0.401. The van der Waals surface area contributed by atoms with E-state index in [1.807, 2.05) is 49.4 Å². The van der Waals surface area contributed by atoms with Crippen LogP contribution in [0.4, 0.5) is 0 Å². The third-order valence-electron chi connectivity index (χ3n) is 3.65. The second kappa shape index (κ2) is 10.1. The zero-order valence-corrected chi connectivity index (χ0v) is 14.9. The molecule has 0 heterocycles. The van der Waals surface area contributed by atoms with Crippen LogP contribution in [0, 0.1) is 0 Å². The van der Waals surface area contributed by atoms with E-state index in [2.05, 4.69) is 5.32 Å². The van der Waals surface area contributed by atoms with Gasteiger partial charge in [0.1, 0.15) is 11.5 Å². The SMILES string of the molecule is CC[C@@H](Oc1ccccc1)C(=O)OCC(=O)NCc1ccc(OC)cc1. The van der Waals surface area contributed by atoms with Crippen molar-refractivity contribution < 1.29 is 23.8 Å². The Hall–Kier alpha value is -3.02. The van der Waals surface area contributed by atoms with Gasteiger partial charge in [-0.15, -0.1) is 0 Å². The van der Waals surface area contributed by atoms with Crippen LogP contribution in [-0.2, 0) is 20.9 Å². The fraction of sp³-hybridized carbons (Fsp3) is 0.300. The first-order valence-electron chi connectivity index (χ1n) is 8.40. The quantitative estimate of drug-likeness (QED) is 0.699. The molecule has 2 aromatic carbocycles. The Labute approximate surface area is 153 Å². The highest BCUT2D eigenvalue weighted by Gasteiger charge is 2.21. The molecule has 0 aromatic heterocycles. The average Bonchev–Trinajstić information content (AvgIpc) is 2.69. The van der Waals surface area contributed by atoms with Crippen molar-refractivity contribution >= 4 is 11.9 Å². The summed E-state index contributed by atoms with van der Waals surface area (Å²) < 4.78 is 15.7. The number of carbonyl (C=O) groups is 2. The fourth-order valence-corrected chi connectivity index (χ4v) is 2.19. The summed E-state index contributed by atoms with van der Waals surface area (Å²) in [6.07, 6.45) is -0.298. The van der Waals surface area contributed by atoms with Crippen LogP contribution in [0.15, 0.2) is 54.6 Å². The molecular formula is C20H23NO5.